The first-order valence-electron chi connectivity index (χ1n) is 5.72. The number of hydrogen-bond acceptors (Lipinski definition) is 4. The maximum Gasteiger partial charge on any atom is 0.0769 e. The predicted octanol–water partition coefficient (Wildman–Crippen LogP) is 0.220. The smallest absolute Gasteiger partial charge is 0.0769 e. The summed E-state index contributed by atoms with van der Waals surface area (Å²) in [4.78, 5) is 0. The van der Waals surface area contributed by atoms with Crippen LogP contribution in [0.2, 0.25) is 0 Å². The Hall–Kier alpha value is -0.910. The van der Waals surface area contributed by atoms with E-state index >= 15 is 0 Å². The summed E-state index contributed by atoms with van der Waals surface area (Å²) >= 11 is 0. The third kappa shape index (κ3) is 2.61. The first-order chi connectivity index (χ1) is 7.74. The van der Waals surface area contributed by atoms with Gasteiger partial charge in [0.25, 0.3) is 0 Å². The highest BCUT2D eigenvalue weighted by molar-refractivity contribution is 5.04. The quantitative estimate of drug-likeness (QED) is 0.536. The monoisotopic (exact) mass is 224 g/mol. The van der Waals surface area contributed by atoms with Gasteiger partial charge in [-0.25, -0.2) is 0 Å². The molecule has 1 aliphatic rings. The second-order valence-electron chi connectivity index (χ2n) is 4.50. The van der Waals surface area contributed by atoms with E-state index in [2.05, 4.69) is 10.5 Å². The second-order valence-corrected chi connectivity index (χ2v) is 4.50. The molecule has 16 heavy (non-hydrogen) atoms. The van der Waals surface area contributed by atoms with E-state index in [-0.39, 0.29) is 12.1 Å². The Morgan fingerprint density at radius 3 is 2.88 bits per heavy atom. The molecule has 5 nitrogen and oxygen atoms in total. The normalized spacial score (nSPS) is 19.7. The van der Waals surface area contributed by atoms with E-state index in [0.717, 1.165) is 12.1 Å². The van der Waals surface area contributed by atoms with Crippen molar-refractivity contribution in [3.63, 3.8) is 0 Å². The Morgan fingerprint density at radius 2 is 2.44 bits per heavy atom. The number of nitrogens with one attached hydrogen (secondary N) is 1. The highest BCUT2D eigenvalue weighted by Crippen LogP contribution is 2.35. The molecule has 2 rings (SSSR count). The van der Waals surface area contributed by atoms with Crippen LogP contribution in [0.15, 0.2) is 12.3 Å². The van der Waals surface area contributed by atoms with Gasteiger partial charge >= 0.3 is 0 Å². The molecule has 1 saturated carbocycles. The maximum atomic E-state index is 5.60. The molecular formula is C11H20N4O. The van der Waals surface area contributed by atoms with Gasteiger partial charge in [0.05, 0.1) is 17.8 Å². The summed E-state index contributed by atoms with van der Waals surface area (Å²) in [5, 5.41) is 4.36. The van der Waals surface area contributed by atoms with Crippen LogP contribution in [0.5, 0.6) is 0 Å². The molecule has 1 fully saturated rings. The zero-order valence-electron chi connectivity index (χ0n) is 9.89. The van der Waals surface area contributed by atoms with Gasteiger partial charge in [-0.1, -0.05) is 0 Å². The third-order valence-electron chi connectivity index (χ3n) is 3.17. The topological polar surface area (TPSA) is 65.1 Å². The van der Waals surface area contributed by atoms with Crippen LogP contribution in [0.4, 0.5) is 0 Å². The molecule has 2 atom stereocenters. The zero-order chi connectivity index (χ0) is 11.5. The number of hydrazine groups is 1. The lowest BCUT2D eigenvalue weighted by Gasteiger charge is -2.24. The lowest BCUT2D eigenvalue weighted by atomic mass is 10.0. The third-order valence-corrected chi connectivity index (χ3v) is 3.17. The Balaban J connectivity index is 1.98. The van der Waals surface area contributed by atoms with Crippen LogP contribution in [0.3, 0.4) is 0 Å². The van der Waals surface area contributed by atoms with Crippen LogP contribution in [0, 0.1) is 5.92 Å². The number of aryl methyl sites for hydroxylation is 1. The average Bonchev–Trinajstić information content (AvgIpc) is 3.02. The van der Waals surface area contributed by atoms with Gasteiger partial charge in [0.2, 0.25) is 0 Å². The van der Waals surface area contributed by atoms with Crippen molar-refractivity contribution < 1.29 is 4.74 Å². The minimum absolute atomic E-state index is 0.146. The summed E-state index contributed by atoms with van der Waals surface area (Å²) in [5.74, 6) is 6.27. The summed E-state index contributed by atoms with van der Waals surface area (Å²) in [5.41, 5.74) is 3.91. The van der Waals surface area contributed by atoms with Gasteiger partial charge in [0.15, 0.2) is 0 Å². The van der Waals surface area contributed by atoms with Crippen molar-refractivity contribution >= 4 is 0 Å². The number of rotatable bonds is 6. The molecular weight excluding hydrogens is 204 g/mol. The van der Waals surface area contributed by atoms with Gasteiger partial charge in [-0.15, -0.1) is 0 Å². The van der Waals surface area contributed by atoms with Crippen molar-refractivity contribution in [3.8, 4) is 0 Å². The van der Waals surface area contributed by atoms with E-state index in [9.17, 15) is 0 Å². The van der Waals surface area contributed by atoms with Gasteiger partial charge in [0, 0.05) is 26.8 Å². The fraction of sp³-hybridized carbons (Fsp3) is 0.727. The van der Waals surface area contributed by atoms with E-state index in [1.807, 2.05) is 24.0 Å². The van der Waals surface area contributed by atoms with Crippen molar-refractivity contribution in [2.24, 2.45) is 18.8 Å². The Kier molecular flexibility index (Phi) is 3.58. The second kappa shape index (κ2) is 4.95. The summed E-state index contributed by atoms with van der Waals surface area (Å²) < 4.78 is 7.34. The number of aromatic nitrogens is 2. The van der Waals surface area contributed by atoms with Gasteiger partial charge in [0.1, 0.15) is 0 Å². The summed E-state index contributed by atoms with van der Waals surface area (Å²) in [6, 6.07) is 2.16. The summed E-state index contributed by atoms with van der Waals surface area (Å²) in [6.07, 6.45) is 5.46. The molecule has 3 N–H and O–H groups in total. The number of nitrogens with two attached hydrogens (primary N) is 1. The first-order valence-corrected chi connectivity index (χ1v) is 5.72. The van der Waals surface area contributed by atoms with E-state index in [1.165, 1.54) is 12.8 Å². The maximum absolute atomic E-state index is 5.60. The largest absolute Gasteiger partial charge is 0.379 e. The molecule has 0 saturated heterocycles. The lowest BCUT2D eigenvalue weighted by Crippen LogP contribution is -2.47. The van der Waals surface area contributed by atoms with Crippen LogP contribution < -0.4 is 11.3 Å². The molecule has 0 aliphatic heterocycles. The number of methoxy groups -OCH3 is 1. The van der Waals surface area contributed by atoms with E-state index in [4.69, 9.17) is 10.6 Å². The fourth-order valence-corrected chi connectivity index (χ4v) is 2.18. The molecule has 1 heterocycles. The summed E-state index contributed by atoms with van der Waals surface area (Å²) in [6.45, 7) is 0. The molecule has 0 bridgehead atoms. The Morgan fingerprint density at radius 1 is 1.69 bits per heavy atom. The van der Waals surface area contributed by atoms with Crippen molar-refractivity contribution in [1.82, 2.24) is 15.2 Å². The molecule has 5 heteroatoms. The molecule has 0 radical (unpaired) electrons. The predicted molar refractivity (Wildman–Crippen MR) is 61.5 cm³/mol. The SMILES string of the molecule is COC(C1CC1)C(Cc1ccn(C)n1)NN. The van der Waals surface area contributed by atoms with E-state index in [0.29, 0.717) is 5.92 Å². The molecule has 1 aromatic heterocycles. The van der Waals surface area contributed by atoms with Crippen LogP contribution in [0.25, 0.3) is 0 Å². The van der Waals surface area contributed by atoms with Crippen molar-refractivity contribution in [3.05, 3.63) is 18.0 Å². The zero-order valence-corrected chi connectivity index (χ0v) is 9.89. The molecule has 1 aliphatic carbocycles. The van der Waals surface area contributed by atoms with Gasteiger partial charge < -0.3 is 4.74 Å². The fourth-order valence-electron chi connectivity index (χ4n) is 2.18. The molecule has 2 unspecified atom stereocenters. The Bertz CT molecular complexity index is 334. The van der Waals surface area contributed by atoms with Crippen LogP contribution in [-0.4, -0.2) is 29.0 Å². The number of hydrogen-bond donors (Lipinski definition) is 2. The van der Waals surface area contributed by atoms with Gasteiger partial charge in [-0.05, 0) is 24.8 Å². The van der Waals surface area contributed by atoms with Crippen molar-refractivity contribution in [1.29, 1.82) is 0 Å². The lowest BCUT2D eigenvalue weighted by molar-refractivity contribution is 0.0508. The minimum atomic E-state index is 0.146. The van der Waals surface area contributed by atoms with Crippen LogP contribution >= 0.6 is 0 Å². The highest BCUT2D eigenvalue weighted by Gasteiger charge is 2.36. The molecule has 90 valence electrons. The standard InChI is InChI=1S/C11H20N4O/c1-15-6-5-9(14-15)7-10(13-12)11(16-2)8-3-4-8/h5-6,8,10-11,13H,3-4,7,12H2,1-2H3. The van der Waals surface area contributed by atoms with Crippen molar-refractivity contribution in [2.45, 2.75) is 31.4 Å². The molecule has 1 aromatic rings. The van der Waals surface area contributed by atoms with E-state index < -0.39 is 0 Å². The van der Waals surface area contributed by atoms with E-state index in [1.54, 1.807) is 7.11 Å². The average molecular weight is 224 g/mol. The van der Waals surface area contributed by atoms with Crippen LogP contribution in [-0.2, 0) is 18.2 Å². The van der Waals surface area contributed by atoms with Crippen LogP contribution in [0.1, 0.15) is 18.5 Å². The van der Waals surface area contributed by atoms with Gasteiger partial charge in [-0.2, -0.15) is 5.10 Å². The molecule has 0 aromatic carbocycles. The first kappa shape index (κ1) is 11.6. The molecule has 0 spiro atoms. The number of nitrogens with zero attached hydrogens (tertiary/aromatic N) is 2. The Labute approximate surface area is 95.9 Å². The molecule has 0 amide bonds. The number of ether oxygens (including phenoxy) is 1. The van der Waals surface area contributed by atoms with Gasteiger partial charge in [-0.3, -0.25) is 16.0 Å². The minimum Gasteiger partial charge on any atom is -0.379 e. The summed E-state index contributed by atoms with van der Waals surface area (Å²) in [7, 11) is 3.68. The van der Waals surface area contributed by atoms with Crippen molar-refractivity contribution in [2.75, 3.05) is 7.11 Å². The highest BCUT2D eigenvalue weighted by atomic mass is 16.5.